The molecule has 1 fully saturated rings. The van der Waals surface area contributed by atoms with Crippen molar-refractivity contribution in [1.29, 1.82) is 5.26 Å². The van der Waals surface area contributed by atoms with Crippen molar-refractivity contribution in [2.45, 2.75) is 13.0 Å². The Kier molecular flexibility index (Phi) is 4.03. The molecule has 0 saturated carbocycles. The van der Waals surface area contributed by atoms with Crippen LogP contribution >= 0.6 is 0 Å². The van der Waals surface area contributed by atoms with Gasteiger partial charge in [-0.2, -0.15) is 5.26 Å². The zero-order valence-corrected chi connectivity index (χ0v) is 11.0. The van der Waals surface area contributed by atoms with Crippen LogP contribution in [0.25, 0.3) is 0 Å². The number of carbonyl (C=O) groups excluding carboxylic acids is 1. The molecule has 0 radical (unpaired) electrons. The highest BCUT2D eigenvalue weighted by Crippen LogP contribution is 2.27. The Bertz CT molecular complexity index is 521. The number of carbonyl (C=O) groups is 1. The average molecular weight is 258 g/mol. The predicted molar refractivity (Wildman–Crippen MR) is 73.4 cm³/mol. The molecule has 1 amide bonds. The monoisotopic (exact) mass is 258 g/mol. The molecule has 19 heavy (non-hydrogen) atoms. The molecule has 1 aromatic rings. The van der Waals surface area contributed by atoms with E-state index >= 15 is 0 Å². The smallest absolute Gasteiger partial charge is 0.222 e. The van der Waals surface area contributed by atoms with Gasteiger partial charge in [-0.25, -0.2) is 0 Å². The maximum Gasteiger partial charge on any atom is 0.222 e. The maximum absolute atomic E-state index is 11.2. The summed E-state index contributed by atoms with van der Waals surface area (Å²) in [5, 5.41) is 12.3. The molecule has 5 nitrogen and oxygen atoms in total. The summed E-state index contributed by atoms with van der Waals surface area (Å²) in [5.74, 6) is -0.365. The van der Waals surface area contributed by atoms with Gasteiger partial charge < -0.3 is 16.0 Å². The molecule has 0 aliphatic carbocycles. The Labute approximate surface area is 113 Å². The summed E-state index contributed by atoms with van der Waals surface area (Å²) in [6, 6.07) is 8.08. The summed E-state index contributed by atoms with van der Waals surface area (Å²) in [7, 11) is 1.87. The molecule has 0 spiro atoms. The number of nitrogens with two attached hydrogens (primary N) is 1. The molecule has 100 valence electrons. The van der Waals surface area contributed by atoms with Crippen LogP contribution in [-0.4, -0.2) is 26.0 Å². The number of hydrogen-bond acceptors (Lipinski definition) is 4. The van der Waals surface area contributed by atoms with E-state index in [-0.39, 0.29) is 11.8 Å². The fourth-order valence-corrected chi connectivity index (χ4v) is 2.47. The molecule has 1 unspecified atom stereocenters. The molecular formula is C14H18N4O. The molecule has 1 aliphatic rings. The number of rotatable bonds is 4. The summed E-state index contributed by atoms with van der Waals surface area (Å²) in [4.78, 5) is 13.3. The quantitative estimate of drug-likeness (QED) is 0.828. The van der Waals surface area contributed by atoms with E-state index in [4.69, 9.17) is 5.73 Å². The van der Waals surface area contributed by atoms with Crippen LogP contribution in [0.5, 0.6) is 0 Å². The van der Waals surface area contributed by atoms with Gasteiger partial charge in [-0.1, -0.05) is 6.07 Å². The van der Waals surface area contributed by atoms with Gasteiger partial charge in [-0.05, 0) is 31.2 Å². The number of benzene rings is 1. The number of nitrogens with one attached hydrogen (secondary N) is 1. The zero-order valence-electron chi connectivity index (χ0n) is 11.0. The second kappa shape index (κ2) is 5.72. The van der Waals surface area contributed by atoms with E-state index in [1.165, 1.54) is 0 Å². The predicted octanol–water partition coefficient (Wildman–Crippen LogP) is 0.589. The van der Waals surface area contributed by atoms with Gasteiger partial charge in [-0.15, -0.1) is 0 Å². The van der Waals surface area contributed by atoms with E-state index in [0.29, 0.717) is 12.1 Å². The van der Waals surface area contributed by atoms with Crippen molar-refractivity contribution in [2.24, 2.45) is 11.7 Å². The van der Waals surface area contributed by atoms with Gasteiger partial charge in [-0.3, -0.25) is 4.79 Å². The van der Waals surface area contributed by atoms with Crippen LogP contribution in [-0.2, 0) is 11.3 Å². The van der Waals surface area contributed by atoms with Crippen molar-refractivity contribution < 1.29 is 4.79 Å². The summed E-state index contributed by atoms with van der Waals surface area (Å²) in [6.07, 6.45) is 0.762. The first-order valence-corrected chi connectivity index (χ1v) is 6.37. The van der Waals surface area contributed by atoms with Crippen LogP contribution in [0, 0.1) is 17.2 Å². The maximum atomic E-state index is 11.2. The minimum Gasteiger partial charge on any atom is -0.370 e. The number of hydrogen-bond donors (Lipinski definition) is 2. The van der Waals surface area contributed by atoms with Crippen LogP contribution in [0.1, 0.15) is 17.5 Å². The van der Waals surface area contributed by atoms with Gasteiger partial charge in [0.25, 0.3) is 0 Å². The molecule has 1 aromatic carbocycles. The first-order chi connectivity index (χ1) is 9.15. The van der Waals surface area contributed by atoms with E-state index in [0.717, 1.165) is 30.8 Å². The number of amides is 1. The Morgan fingerprint density at radius 3 is 3.00 bits per heavy atom. The molecule has 1 atom stereocenters. The highest BCUT2D eigenvalue weighted by Gasteiger charge is 2.27. The highest BCUT2D eigenvalue weighted by atomic mass is 16.1. The van der Waals surface area contributed by atoms with Gasteiger partial charge >= 0.3 is 0 Å². The Morgan fingerprint density at radius 1 is 1.63 bits per heavy atom. The van der Waals surface area contributed by atoms with Gasteiger partial charge in [0.2, 0.25) is 5.91 Å². The number of nitrogens with zero attached hydrogens (tertiary/aromatic N) is 2. The summed E-state index contributed by atoms with van der Waals surface area (Å²) >= 11 is 0. The van der Waals surface area contributed by atoms with E-state index in [9.17, 15) is 10.1 Å². The van der Waals surface area contributed by atoms with Crippen molar-refractivity contribution in [3.05, 3.63) is 29.3 Å². The molecule has 5 heteroatoms. The molecule has 1 heterocycles. The normalized spacial score (nSPS) is 18.3. The third-order valence-corrected chi connectivity index (χ3v) is 3.49. The lowest BCUT2D eigenvalue weighted by molar-refractivity contribution is -0.121. The van der Waals surface area contributed by atoms with E-state index in [2.05, 4.69) is 16.3 Å². The fourth-order valence-electron chi connectivity index (χ4n) is 2.47. The number of nitriles is 1. The van der Waals surface area contributed by atoms with E-state index in [1.807, 2.05) is 25.2 Å². The second-order valence-electron chi connectivity index (χ2n) is 4.83. The van der Waals surface area contributed by atoms with Crippen molar-refractivity contribution in [3.63, 3.8) is 0 Å². The van der Waals surface area contributed by atoms with Crippen molar-refractivity contribution in [3.8, 4) is 6.07 Å². The summed E-state index contributed by atoms with van der Waals surface area (Å²) in [6.45, 7) is 2.11. The van der Waals surface area contributed by atoms with Crippen LogP contribution in [0.4, 0.5) is 5.69 Å². The van der Waals surface area contributed by atoms with Gasteiger partial charge in [0.1, 0.15) is 6.07 Å². The lowest BCUT2D eigenvalue weighted by Crippen LogP contribution is -2.27. The first kappa shape index (κ1) is 13.4. The SMILES string of the molecule is CNCc1ccc(N2CCC(C(N)=O)C2)c(C#N)c1. The molecule has 1 aliphatic heterocycles. The molecule has 0 aromatic heterocycles. The van der Waals surface area contributed by atoms with Gasteiger partial charge in [0.15, 0.2) is 0 Å². The van der Waals surface area contributed by atoms with Crippen LogP contribution in [0.15, 0.2) is 18.2 Å². The van der Waals surface area contributed by atoms with Gasteiger partial charge in [0.05, 0.1) is 17.2 Å². The molecule has 1 saturated heterocycles. The highest BCUT2D eigenvalue weighted by molar-refractivity contribution is 5.78. The Balaban J connectivity index is 2.21. The third-order valence-electron chi connectivity index (χ3n) is 3.49. The number of primary amides is 1. The Morgan fingerprint density at radius 2 is 2.42 bits per heavy atom. The minimum atomic E-state index is -0.257. The zero-order chi connectivity index (χ0) is 13.8. The third kappa shape index (κ3) is 2.85. The van der Waals surface area contributed by atoms with Crippen molar-refractivity contribution >= 4 is 11.6 Å². The largest absolute Gasteiger partial charge is 0.370 e. The summed E-state index contributed by atoms with van der Waals surface area (Å²) < 4.78 is 0. The van der Waals surface area contributed by atoms with Crippen molar-refractivity contribution in [2.75, 3.05) is 25.0 Å². The lowest BCUT2D eigenvalue weighted by Gasteiger charge is -2.20. The van der Waals surface area contributed by atoms with Gasteiger partial charge in [0, 0.05) is 19.6 Å². The Hall–Kier alpha value is -2.06. The minimum absolute atomic E-state index is 0.108. The molecule has 0 bridgehead atoms. The average Bonchev–Trinajstić information content (AvgIpc) is 2.88. The lowest BCUT2D eigenvalue weighted by atomic mass is 10.1. The van der Waals surface area contributed by atoms with Crippen molar-refractivity contribution in [1.82, 2.24) is 5.32 Å². The molecule has 3 N–H and O–H groups in total. The number of anilines is 1. The van der Waals surface area contributed by atoms with Crippen LogP contribution in [0.3, 0.4) is 0 Å². The molecular weight excluding hydrogens is 240 g/mol. The second-order valence-corrected chi connectivity index (χ2v) is 4.83. The first-order valence-electron chi connectivity index (χ1n) is 6.37. The summed E-state index contributed by atoms with van der Waals surface area (Å²) in [5.41, 5.74) is 7.96. The van der Waals surface area contributed by atoms with Crippen LogP contribution < -0.4 is 16.0 Å². The topological polar surface area (TPSA) is 82.2 Å². The van der Waals surface area contributed by atoms with E-state index in [1.54, 1.807) is 0 Å². The van der Waals surface area contributed by atoms with E-state index < -0.39 is 0 Å². The standard InChI is InChI=1S/C14H18N4O/c1-17-8-10-2-3-13(12(6-10)7-15)18-5-4-11(9-18)14(16)19/h2-3,6,11,17H,4-5,8-9H2,1H3,(H2,16,19). The fraction of sp³-hybridized carbons (Fsp3) is 0.429. The van der Waals surface area contributed by atoms with Crippen LogP contribution in [0.2, 0.25) is 0 Å². The molecule has 2 rings (SSSR count).